The van der Waals surface area contributed by atoms with E-state index >= 15 is 0 Å². The number of fused-ring (bicyclic) bond motifs is 1. The molecule has 4 nitrogen and oxygen atoms in total. The third-order valence-corrected chi connectivity index (χ3v) is 3.56. The van der Waals surface area contributed by atoms with Crippen molar-refractivity contribution in [3.63, 3.8) is 0 Å². The van der Waals surface area contributed by atoms with E-state index in [1.807, 2.05) is 28.9 Å². The van der Waals surface area contributed by atoms with Gasteiger partial charge < -0.3 is 10.3 Å². The number of piperidine rings is 1. The zero-order valence-corrected chi connectivity index (χ0v) is 10.3. The lowest BCUT2D eigenvalue weighted by molar-refractivity contribution is 0.356. The van der Waals surface area contributed by atoms with Crippen molar-refractivity contribution in [2.75, 3.05) is 13.1 Å². The van der Waals surface area contributed by atoms with Crippen molar-refractivity contribution < 1.29 is 0 Å². The first-order chi connectivity index (χ1) is 8.75. The molecule has 18 heavy (non-hydrogen) atoms. The number of hydrogen-bond acceptors (Lipinski definition) is 2. The van der Waals surface area contributed by atoms with E-state index in [0.29, 0.717) is 6.04 Å². The lowest BCUT2D eigenvalue weighted by Gasteiger charge is -2.23. The summed E-state index contributed by atoms with van der Waals surface area (Å²) in [5.74, 6) is 0. The number of H-pyrrole nitrogens is 1. The molecule has 1 saturated heterocycles. The van der Waals surface area contributed by atoms with Crippen LogP contribution in [0.4, 0.5) is 0 Å². The Kier molecular flexibility index (Phi) is 2.80. The number of nitrogens with one attached hydrogen (secondary N) is 2. The van der Waals surface area contributed by atoms with Gasteiger partial charge in [0.1, 0.15) is 0 Å². The molecule has 2 N–H and O–H groups in total. The maximum absolute atomic E-state index is 12.1. The summed E-state index contributed by atoms with van der Waals surface area (Å²) in [6, 6.07) is 0.295. The maximum atomic E-state index is 12.1. The van der Waals surface area contributed by atoms with E-state index in [1.54, 1.807) is 0 Å². The average Bonchev–Trinajstić information content (AvgIpc) is 2.55. The summed E-state index contributed by atoms with van der Waals surface area (Å²) < 4.78 is 1.90. The van der Waals surface area contributed by atoms with Crippen molar-refractivity contribution in [3.8, 4) is 0 Å². The largest absolute Gasteiger partial charge is 0.326 e. The van der Waals surface area contributed by atoms with Crippen LogP contribution in [0.3, 0.4) is 0 Å². The number of aromatic nitrogens is 2. The SMILES string of the molecule is C=C1C=CC=c2c([nH]c(=O)n2C2CCNCC2)=C1. The van der Waals surface area contributed by atoms with Crippen molar-refractivity contribution in [3.05, 3.63) is 45.5 Å². The van der Waals surface area contributed by atoms with Crippen LogP contribution in [0.2, 0.25) is 0 Å². The highest BCUT2D eigenvalue weighted by Crippen LogP contribution is 2.13. The second-order valence-electron chi connectivity index (χ2n) is 4.83. The van der Waals surface area contributed by atoms with Crippen LogP contribution in [0.25, 0.3) is 12.2 Å². The molecule has 4 heteroatoms. The molecule has 1 aromatic heterocycles. The highest BCUT2D eigenvalue weighted by molar-refractivity contribution is 5.56. The second kappa shape index (κ2) is 4.46. The Morgan fingerprint density at radius 2 is 2.11 bits per heavy atom. The smallest absolute Gasteiger partial charge is 0.317 e. The third kappa shape index (κ3) is 1.88. The standard InChI is InChI=1S/C14H17N3O/c1-10-3-2-4-13-12(9-10)16-14(18)17(13)11-5-7-15-8-6-11/h2-4,9,11,15H,1,5-8H2,(H,16,18). The normalized spacial score (nSPS) is 19.9. The summed E-state index contributed by atoms with van der Waals surface area (Å²) in [5.41, 5.74) is 0.895. The topological polar surface area (TPSA) is 49.8 Å². The predicted octanol–water partition coefficient (Wildman–Crippen LogP) is -0.212. The summed E-state index contributed by atoms with van der Waals surface area (Å²) in [5, 5.41) is 5.17. The van der Waals surface area contributed by atoms with Gasteiger partial charge in [0.15, 0.2) is 0 Å². The molecule has 0 radical (unpaired) electrons. The van der Waals surface area contributed by atoms with E-state index in [2.05, 4.69) is 16.9 Å². The highest BCUT2D eigenvalue weighted by Gasteiger charge is 2.18. The van der Waals surface area contributed by atoms with Gasteiger partial charge in [-0.3, -0.25) is 4.57 Å². The van der Waals surface area contributed by atoms with Gasteiger partial charge in [-0.25, -0.2) is 4.79 Å². The van der Waals surface area contributed by atoms with Gasteiger partial charge in [-0.05, 0) is 43.7 Å². The van der Waals surface area contributed by atoms with E-state index < -0.39 is 0 Å². The molecule has 3 rings (SSSR count). The van der Waals surface area contributed by atoms with Crippen molar-refractivity contribution in [1.82, 2.24) is 14.9 Å². The van der Waals surface area contributed by atoms with Gasteiger partial charge in [0.25, 0.3) is 0 Å². The number of allylic oxidation sites excluding steroid dienone is 3. The van der Waals surface area contributed by atoms with Crippen LogP contribution >= 0.6 is 0 Å². The lowest BCUT2D eigenvalue weighted by Crippen LogP contribution is -2.39. The summed E-state index contributed by atoms with van der Waals surface area (Å²) in [6.45, 7) is 5.87. The van der Waals surface area contributed by atoms with E-state index in [9.17, 15) is 4.79 Å². The number of hydrogen-bond donors (Lipinski definition) is 2. The molecule has 0 saturated carbocycles. The average molecular weight is 243 g/mol. The maximum Gasteiger partial charge on any atom is 0.326 e. The second-order valence-corrected chi connectivity index (χ2v) is 4.83. The summed E-state index contributed by atoms with van der Waals surface area (Å²) in [4.78, 5) is 15.1. The monoisotopic (exact) mass is 243 g/mol. The zero-order chi connectivity index (χ0) is 12.5. The van der Waals surface area contributed by atoms with Gasteiger partial charge >= 0.3 is 5.69 Å². The first-order valence-electron chi connectivity index (χ1n) is 6.36. The molecule has 0 aromatic carbocycles. The third-order valence-electron chi connectivity index (χ3n) is 3.56. The van der Waals surface area contributed by atoms with Crippen molar-refractivity contribution in [2.24, 2.45) is 0 Å². The van der Waals surface area contributed by atoms with E-state index in [1.165, 1.54) is 0 Å². The Morgan fingerprint density at radius 3 is 2.89 bits per heavy atom. The molecule has 0 atom stereocenters. The molecule has 0 amide bonds. The summed E-state index contributed by atoms with van der Waals surface area (Å²) in [7, 11) is 0. The summed E-state index contributed by atoms with van der Waals surface area (Å²) >= 11 is 0. The van der Waals surface area contributed by atoms with Crippen LogP contribution in [-0.4, -0.2) is 22.6 Å². The zero-order valence-electron chi connectivity index (χ0n) is 10.3. The van der Waals surface area contributed by atoms with Crippen LogP contribution in [0.5, 0.6) is 0 Å². The molecule has 0 spiro atoms. The molecule has 1 aliphatic heterocycles. The minimum atomic E-state index is -0.0116. The minimum Gasteiger partial charge on any atom is -0.317 e. The Labute approximate surface area is 105 Å². The molecule has 2 aliphatic rings. The van der Waals surface area contributed by atoms with Crippen LogP contribution in [0.1, 0.15) is 18.9 Å². The van der Waals surface area contributed by atoms with E-state index in [-0.39, 0.29) is 5.69 Å². The van der Waals surface area contributed by atoms with Gasteiger partial charge in [0.05, 0.1) is 10.7 Å². The predicted molar refractivity (Wildman–Crippen MR) is 72.7 cm³/mol. The molecule has 94 valence electrons. The first kappa shape index (κ1) is 11.3. The van der Waals surface area contributed by atoms with Crippen molar-refractivity contribution in [1.29, 1.82) is 0 Å². The molecule has 1 fully saturated rings. The molecule has 0 unspecified atom stereocenters. The first-order valence-corrected chi connectivity index (χ1v) is 6.36. The number of nitrogens with zero attached hydrogens (tertiary/aromatic N) is 1. The van der Waals surface area contributed by atoms with Crippen LogP contribution in [-0.2, 0) is 0 Å². The Balaban J connectivity index is 2.19. The van der Waals surface area contributed by atoms with Crippen LogP contribution < -0.4 is 21.7 Å². The summed E-state index contributed by atoms with van der Waals surface area (Å²) in [6.07, 6.45) is 9.82. The fourth-order valence-electron chi connectivity index (χ4n) is 2.68. The Bertz CT molecular complexity index is 669. The van der Waals surface area contributed by atoms with Crippen LogP contribution in [0, 0.1) is 0 Å². The number of rotatable bonds is 1. The number of aromatic amines is 1. The fourth-order valence-corrected chi connectivity index (χ4v) is 2.68. The van der Waals surface area contributed by atoms with Gasteiger partial charge in [0, 0.05) is 6.04 Å². The number of imidazole rings is 1. The molecular formula is C14H17N3O. The van der Waals surface area contributed by atoms with E-state index in [4.69, 9.17) is 0 Å². The molecular weight excluding hydrogens is 226 g/mol. The fraction of sp³-hybridized carbons (Fsp3) is 0.357. The quantitative estimate of drug-likeness (QED) is 0.717. The van der Waals surface area contributed by atoms with Gasteiger partial charge in [0.2, 0.25) is 0 Å². The highest BCUT2D eigenvalue weighted by atomic mass is 16.1. The Hall–Kier alpha value is -1.81. The van der Waals surface area contributed by atoms with Crippen molar-refractivity contribution >= 4 is 12.2 Å². The minimum absolute atomic E-state index is 0.0116. The lowest BCUT2D eigenvalue weighted by atomic mass is 10.1. The van der Waals surface area contributed by atoms with Gasteiger partial charge in [-0.15, -0.1) is 0 Å². The van der Waals surface area contributed by atoms with E-state index in [0.717, 1.165) is 42.2 Å². The Morgan fingerprint density at radius 1 is 1.33 bits per heavy atom. The molecule has 2 heterocycles. The van der Waals surface area contributed by atoms with Crippen LogP contribution in [0.15, 0.2) is 29.1 Å². The molecule has 1 aliphatic carbocycles. The molecule has 0 bridgehead atoms. The van der Waals surface area contributed by atoms with Gasteiger partial charge in [-0.2, -0.15) is 0 Å². The molecule has 1 aromatic rings. The van der Waals surface area contributed by atoms with Crippen molar-refractivity contribution in [2.45, 2.75) is 18.9 Å². The van der Waals surface area contributed by atoms with Gasteiger partial charge in [-0.1, -0.05) is 18.7 Å².